The lowest BCUT2D eigenvalue weighted by molar-refractivity contribution is -0.116. The average Bonchev–Trinajstić information content (AvgIpc) is 3.15. The highest BCUT2D eigenvalue weighted by Gasteiger charge is 2.24. The number of hydrogen-bond donors (Lipinski definition) is 1. The van der Waals surface area contributed by atoms with Crippen LogP contribution >= 0.6 is 23.1 Å². The van der Waals surface area contributed by atoms with E-state index in [9.17, 15) is 4.79 Å². The van der Waals surface area contributed by atoms with Gasteiger partial charge < -0.3 is 10.6 Å². The minimum absolute atomic E-state index is 0.138. The zero-order chi connectivity index (χ0) is 15.8. The maximum atomic E-state index is 12.5. The number of thioether (sulfide) groups is 1. The monoisotopic (exact) mass is 341 g/mol. The molecule has 4 nitrogen and oxygen atoms in total. The van der Waals surface area contributed by atoms with Gasteiger partial charge in [0.15, 0.2) is 4.34 Å². The summed E-state index contributed by atoms with van der Waals surface area (Å²) in [6.07, 6.45) is 0.937. The molecular formula is C17H15N3OS2. The summed E-state index contributed by atoms with van der Waals surface area (Å²) in [6, 6.07) is 13.8. The molecule has 0 aliphatic carbocycles. The molecule has 0 fully saturated rings. The number of amides is 1. The Labute approximate surface area is 142 Å². The van der Waals surface area contributed by atoms with E-state index in [-0.39, 0.29) is 5.91 Å². The molecule has 1 aliphatic rings. The average molecular weight is 341 g/mol. The number of thiazole rings is 1. The van der Waals surface area contributed by atoms with Gasteiger partial charge in [-0.3, -0.25) is 4.79 Å². The lowest BCUT2D eigenvalue weighted by atomic mass is 10.2. The van der Waals surface area contributed by atoms with Crippen LogP contribution in [0, 0.1) is 0 Å². The first-order valence-electron chi connectivity index (χ1n) is 7.38. The van der Waals surface area contributed by atoms with Crippen molar-refractivity contribution in [1.29, 1.82) is 0 Å². The lowest BCUT2D eigenvalue weighted by Crippen LogP contribution is -2.30. The van der Waals surface area contributed by atoms with Crippen LogP contribution in [0.15, 0.2) is 46.8 Å². The molecule has 2 heterocycles. The molecule has 0 saturated heterocycles. The number of fused-ring (bicyclic) bond motifs is 2. The molecule has 4 rings (SSSR count). The van der Waals surface area contributed by atoms with Crippen LogP contribution in [-0.4, -0.2) is 23.2 Å². The second-order valence-corrected chi connectivity index (χ2v) is 7.67. The number of aromatic nitrogens is 1. The van der Waals surface area contributed by atoms with E-state index < -0.39 is 0 Å². The van der Waals surface area contributed by atoms with Crippen LogP contribution in [0.3, 0.4) is 0 Å². The van der Waals surface area contributed by atoms with E-state index in [1.807, 2.05) is 41.3 Å². The third-order valence-electron chi connectivity index (χ3n) is 3.90. The minimum atomic E-state index is 0.138. The molecule has 1 aromatic heterocycles. The zero-order valence-electron chi connectivity index (χ0n) is 12.4. The third-order valence-corrected chi connectivity index (χ3v) is 6.05. The Balaban J connectivity index is 1.47. The van der Waals surface area contributed by atoms with E-state index in [4.69, 9.17) is 5.73 Å². The quantitative estimate of drug-likeness (QED) is 0.584. The van der Waals surface area contributed by atoms with Gasteiger partial charge in [0.2, 0.25) is 5.91 Å². The molecule has 1 aliphatic heterocycles. The van der Waals surface area contributed by atoms with Crippen LogP contribution in [0.5, 0.6) is 0 Å². The van der Waals surface area contributed by atoms with Crippen molar-refractivity contribution in [3.63, 3.8) is 0 Å². The number of carbonyl (C=O) groups is 1. The summed E-state index contributed by atoms with van der Waals surface area (Å²) in [7, 11) is 0. The molecule has 2 aromatic carbocycles. The molecule has 0 atom stereocenters. The summed E-state index contributed by atoms with van der Waals surface area (Å²) in [5.41, 5.74) is 9.77. The topological polar surface area (TPSA) is 59.2 Å². The third kappa shape index (κ3) is 2.80. The predicted molar refractivity (Wildman–Crippen MR) is 97.3 cm³/mol. The molecule has 0 bridgehead atoms. The van der Waals surface area contributed by atoms with Gasteiger partial charge in [-0.2, -0.15) is 0 Å². The summed E-state index contributed by atoms with van der Waals surface area (Å²) in [4.78, 5) is 18.9. The van der Waals surface area contributed by atoms with Gasteiger partial charge in [-0.25, -0.2) is 4.98 Å². The molecule has 0 saturated carbocycles. The van der Waals surface area contributed by atoms with E-state index in [1.54, 1.807) is 11.3 Å². The summed E-state index contributed by atoms with van der Waals surface area (Å²) in [5.74, 6) is 0.544. The van der Waals surface area contributed by atoms with Gasteiger partial charge in [0.1, 0.15) is 0 Å². The van der Waals surface area contributed by atoms with Crippen LogP contribution in [0.1, 0.15) is 5.56 Å². The van der Waals surface area contributed by atoms with Crippen molar-refractivity contribution < 1.29 is 4.79 Å². The molecule has 0 spiro atoms. The van der Waals surface area contributed by atoms with Gasteiger partial charge in [0.05, 0.1) is 16.0 Å². The second-order valence-electron chi connectivity index (χ2n) is 5.42. The summed E-state index contributed by atoms with van der Waals surface area (Å²) < 4.78 is 1.97. The van der Waals surface area contributed by atoms with Crippen LogP contribution in [0.4, 0.5) is 11.4 Å². The maximum Gasteiger partial charge on any atom is 0.237 e. The summed E-state index contributed by atoms with van der Waals surface area (Å²) in [5, 5.41) is 0. The number of carbonyl (C=O) groups excluding carboxylic acids is 1. The Morgan fingerprint density at radius 2 is 2.17 bits per heavy atom. The smallest absolute Gasteiger partial charge is 0.237 e. The van der Waals surface area contributed by atoms with Crippen molar-refractivity contribution in [2.45, 2.75) is 10.8 Å². The zero-order valence-corrected chi connectivity index (χ0v) is 14.0. The molecule has 3 aromatic rings. The van der Waals surface area contributed by atoms with E-state index in [1.165, 1.54) is 17.3 Å². The Morgan fingerprint density at radius 3 is 3.09 bits per heavy atom. The Hall–Kier alpha value is -2.05. The first-order valence-corrected chi connectivity index (χ1v) is 9.18. The number of rotatable bonds is 3. The van der Waals surface area contributed by atoms with Gasteiger partial charge in [-0.05, 0) is 36.2 Å². The molecule has 23 heavy (non-hydrogen) atoms. The van der Waals surface area contributed by atoms with Gasteiger partial charge in [0.25, 0.3) is 0 Å². The van der Waals surface area contributed by atoms with Gasteiger partial charge in [-0.15, -0.1) is 11.3 Å². The standard InChI is InChI=1S/C17H15N3OS2/c18-12-5-6-13-15(9-12)23-17(19-13)22-10-16(21)20-8-7-11-3-1-2-4-14(11)20/h1-6,9H,7-8,10,18H2. The highest BCUT2D eigenvalue weighted by atomic mass is 32.2. The fourth-order valence-corrected chi connectivity index (χ4v) is 4.77. The van der Waals surface area contributed by atoms with Crippen LogP contribution in [0.2, 0.25) is 0 Å². The number of nitrogens with zero attached hydrogens (tertiary/aromatic N) is 2. The fourth-order valence-electron chi connectivity index (χ4n) is 2.78. The lowest BCUT2D eigenvalue weighted by Gasteiger charge is -2.16. The van der Waals surface area contributed by atoms with Gasteiger partial charge in [-0.1, -0.05) is 30.0 Å². The fraction of sp³-hybridized carbons (Fsp3) is 0.176. The minimum Gasteiger partial charge on any atom is -0.399 e. The summed E-state index contributed by atoms with van der Waals surface area (Å²) in [6.45, 7) is 0.773. The number of nitrogens with two attached hydrogens (primary N) is 1. The Morgan fingerprint density at radius 1 is 1.30 bits per heavy atom. The summed E-state index contributed by atoms with van der Waals surface area (Å²) >= 11 is 3.08. The predicted octanol–water partition coefficient (Wildman–Crippen LogP) is 3.56. The molecule has 0 radical (unpaired) electrons. The van der Waals surface area contributed by atoms with Crippen LogP contribution in [-0.2, 0) is 11.2 Å². The van der Waals surface area contributed by atoms with E-state index in [2.05, 4.69) is 11.1 Å². The van der Waals surface area contributed by atoms with Gasteiger partial charge in [0, 0.05) is 17.9 Å². The van der Waals surface area contributed by atoms with Crippen LogP contribution in [0.25, 0.3) is 10.2 Å². The molecular weight excluding hydrogens is 326 g/mol. The highest BCUT2D eigenvalue weighted by molar-refractivity contribution is 8.01. The van der Waals surface area contributed by atoms with Crippen molar-refractivity contribution in [1.82, 2.24) is 4.98 Å². The van der Waals surface area contributed by atoms with E-state index >= 15 is 0 Å². The van der Waals surface area contributed by atoms with Crippen molar-refractivity contribution in [3.8, 4) is 0 Å². The Kier molecular flexibility index (Phi) is 3.71. The van der Waals surface area contributed by atoms with Crippen molar-refractivity contribution in [3.05, 3.63) is 48.0 Å². The number of para-hydroxylation sites is 1. The van der Waals surface area contributed by atoms with E-state index in [0.717, 1.165) is 38.9 Å². The molecule has 6 heteroatoms. The number of nitrogen functional groups attached to an aromatic ring is 1. The molecule has 1 amide bonds. The van der Waals surface area contributed by atoms with Crippen LogP contribution < -0.4 is 10.6 Å². The molecule has 116 valence electrons. The second kappa shape index (κ2) is 5.86. The number of hydrogen-bond acceptors (Lipinski definition) is 5. The number of benzene rings is 2. The maximum absolute atomic E-state index is 12.5. The van der Waals surface area contributed by atoms with Crippen molar-refractivity contribution in [2.75, 3.05) is 22.9 Å². The first-order chi connectivity index (χ1) is 11.2. The van der Waals surface area contributed by atoms with Crippen molar-refractivity contribution in [2.24, 2.45) is 0 Å². The normalized spacial score (nSPS) is 13.5. The highest BCUT2D eigenvalue weighted by Crippen LogP contribution is 2.32. The Bertz CT molecular complexity index is 890. The van der Waals surface area contributed by atoms with Gasteiger partial charge >= 0.3 is 0 Å². The largest absolute Gasteiger partial charge is 0.399 e. The molecule has 2 N–H and O–H groups in total. The van der Waals surface area contributed by atoms with Crippen molar-refractivity contribution >= 4 is 50.6 Å². The first kappa shape index (κ1) is 14.5. The number of anilines is 2. The molecule has 0 unspecified atom stereocenters. The SMILES string of the molecule is Nc1ccc2nc(SCC(=O)N3CCc4ccccc43)sc2c1. The van der Waals surface area contributed by atoms with E-state index in [0.29, 0.717) is 5.75 Å².